The van der Waals surface area contributed by atoms with Crippen molar-refractivity contribution >= 4 is 16.7 Å². The molecule has 2 atom stereocenters. The molecule has 3 aromatic rings. The van der Waals surface area contributed by atoms with E-state index in [1.807, 2.05) is 81.4 Å². The molecule has 0 spiro atoms. The first-order valence-corrected chi connectivity index (χ1v) is 9.71. The van der Waals surface area contributed by atoms with Gasteiger partial charge in [-0.1, -0.05) is 55.5 Å². The summed E-state index contributed by atoms with van der Waals surface area (Å²) in [5, 5.41) is 5.23. The fourth-order valence-corrected chi connectivity index (χ4v) is 3.04. The minimum absolute atomic E-state index is 0.124. The molecule has 28 heavy (non-hydrogen) atoms. The van der Waals surface area contributed by atoms with Gasteiger partial charge in [0.15, 0.2) is 6.10 Å². The second kappa shape index (κ2) is 9.27. The summed E-state index contributed by atoms with van der Waals surface area (Å²) in [5.41, 5.74) is 1.08. The number of ether oxygens (including phenoxy) is 2. The summed E-state index contributed by atoms with van der Waals surface area (Å²) in [6.45, 7) is 6.28. The fourth-order valence-electron chi connectivity index (χ4n) is 3.04. The van der Waals surface area contributed by atoms with E-state index in [0.29, 0.717) is 18.8 Å². The van der Waals surface area contributed by atoms with Gasteiger partial charge < -0.3 is 14.8 Å². The molecule has 0 heterocycles. The van der Waals surface area contributed by atoms with Crippen molar-refractivity contribution in [2.45, 2.75) is 39.3 Å². The van der Waals surface area contributed by atoms with Gasteiger partial charge in [-0.2, -0.15) is 0 Å². The van der Waals surface area contributed by atoms with Gasteiger partial charge in [-0.05, 0) is 54.8 Å². The number of carbonyl (C=O) groups is 1. The highest BCUT2D eigenvalue weighted by Crippen LogP contribution is 2.22. The predicted octanol–water partition coefficient (Wildman–Crippen LogP) is 4.89. The third-order valence-corrected chi connectivity index (χ3v) is 4.63. The van der Waals surface area contributed by atoms with E-state index in [2.05, 4.69) is 11.4 Å². The number of hydrogen-bond donors (Lipinski definition) is 1. The third-order valence-electron chi connectivity index (χ3n) is 4.63. The minimum atomic E-state index is -0.540. The van der Waals surface area contributed by atoms with Gasteiger partial charge in [0.25, 0.3) is 5.91 Å². The maximum absolute atomic E-state index is 12.6. The molecule has 0 radical (unpaired) electrons. The number of nitrogens with one attached hydrogen (secondary N) is 1. The summed E-state index contributed by atoms with van der Waals surface area (Å²) >= 11 is 0. The van der Waals surface area contributed by atoms with E-state index in [4.69, 9.17) is 9.47 Å². The summed E-state index contributed by atoms with van der Waals surface area (Å²) in [5.74, 6) is 1.41. The highest BCUT2D eigenvalue weighted by molar-refractivity contribution is 5.84. The van der Waals surface area contributed by atoms with Crippen LogP contribution in [0.15, 0.2) is 66.7 Å². The zero-order chi connectivity index (χ0) is 19.9. The normalized spacial score (nSPS) is 13.0. The van der Waals surface area contributed by atoms with Crippen LogP contribution in [-0.4, -0.2) is 24.7 Å². The SMILES string of the molecule is CCC(Oc1ccc2ccccc2c1)C(=O)NC(C)COc1ccccc1C. The average molecular weight is 377 g/mol. The zero-order valence-corrected chi connectivity index (χ0v) is 16.6. The molecule has 3 aromatic carbocycles. The fraction of sp³-hybridized carbons (Fsp3) is 0.292. The van der Waals surface area contributed by atoms with Gasteiger partial charge in [0.2, 0.25) is 0 Å². The van der Waals surface area contributed by atoms with Crippen LogP contribution in [0.4, 0.5) is 0 Å². The Morgan fingerprint density at radius 1 is 1.00 bits per heavy atom. The standard InChI is InChI=1S/C24H27NO3/c1-4-22(28-21-14-13-19-10-6-7-11-20(19)15-21)24(26)25-18(3)16-27-23-12-8-5-9-17(23)2/h5-15,18,22H,4,16H2,1-3H3,(H,25,26). The molecule has 0 aromatic heterocycles. The van der Waals surface area contributed by atoms with E-state index in [1.165, 1.54) is 0 Å². The van der Waals surface area contributed by atoms with Crippen molar-refractivity contribution in [1.29, 1.82) is 0 Å². The van der Waals surface area contributed by atoms with Crippen LogP contribution < -0.4 is 14.8 Å². The molecule has 0 aliphatic heterocycles. The van der Waals surface area contributed by atoms with Crippen molar-refractivity contribution in [3.63, 3.8) is 0 Å². The molecule has 2 unspecified atom stereocenters. The van der Waals surface area contributed by atoms with E-state index < -0.39 is 6.10 Å². The first-order valence-electron chi connectivity index (χ1n) is 9.71. The number of rotatable bonds is 8. The van der Waals surface area contributed by atoms with Crippen LogP contribution in [0.5, 0.6) is 11.5 Å². The largest absolute Gasteiger partial charge is 0.491 e. The quantitative estimate of drug-likeness (QED) is 0.608. The zero-order valence-electron chi connectivity index (χ0n) is 16.6. The van der Waals surface area contributed by atoms with Crippen molar-refractivity contribution in [1.82, 2.24) is 5.32 Å². The van der Waals surface area contributed by atoms with Crippen LogP contribution in [0.3, 0.4) is 0 Å². The second-order valence-corrected chi connectivity index (χ2v) is 7.01. The molecule has 0 aliphatic carbocycles. The Balaban J connectivity index is 1.57. The highest BCUT2D eigenvalue weighted by atomic mass is 16.5. The Hall–Kier alpha value is -3.01. The molecule has 0 saturated carbocycles. The Morgan fingerprint density at radius 3 is 2.46 bits per heavy atom. The summed E-state index contributed by atoms with van der Waals surface area (Å²) in [4.78, 5) is 12.6. The number of hydrogen-bond acceptors (Lipinski definition) is 3. The molecule has 0 aliphatic rings. The number of aryl methyl sites for hydroxylation is 1. The van der Waals surface area contributed by atoms with Crippen molar-refractivity contribution in [2.24, 2.45) is 0 Å². The topological polar surface area (TPSA) is 47.6 Å². The minimum Gasteiger partial charge on any atom is -0.491 e. The van der Waals surface area contributed by atoms with Crippen molar-refractivity contribution in [3.8, 4) is 11.5 Å². The lowest BCUT2D eigenvalue weighted by Crippen LogP contribution is -2.44. The van der Waals surface area contributed by atoms with Crippen LogP contribution in [-0.2, 0) is 4.79 Å². The number of fused-ring (bicyclic) bond motifs is 1. The van der Waals surface area contributed by atoms with Gasteiger partial charge in [-0.15, -0.1) is 0 Å². The van der Waals surface area contributed by atoms with E-state index in [1.54, 1.807) is 0 Å². The molecule has 0 fully saturated rings. The Kier molecular flexibility index (Phi) is 6.53. The summed E-state index contributed by atoms with van der Waals surface area (Å²) < 4.78 is 11.8. The molecule has 1 amide bonds. The molecular weight excluding hydrogens is 350 g/mol. The van der Waals surface area contributed by atoms with Crippen LogP contribution in [0.25, 0.3) is 10.8 Å². The number of amides is 1. The smallest absolute Gasteiger partial charge is 0.261 e. The molecule has 4 nitrogen and oxygen atoms in total. The second-order valence-electron chi connectivity index (χ2n) is 7.01. The first kappa shape index (κ1) is 19.7. The first-order chi connectivity index (χ1) is 13.6. The van der Waals surface area contributed by atoms with Gasteiger partial charge >= 0.3 is 0 Å². The summed E-state index contributed by atoms with van der Waals surface area (Å²) in [6.07, 6.45) is 0.0476. The van der Waals surface area contributed by atoms with Crippen LogP contribution in [0.2, 0.25) is 0 Å². The van der Waals surface area contributed by atoms with Crippen LogP contribution >= 0.6 is 0 Å². The summed E-state index contributed by atoms with van der Waals surface area (Å²) in [7, 11) is 0. The van der Waals surface area contributed by atoms with E-state index in [0.717, 1.165) is 22.1 Å². The molecule has 4 heteroatoms. The van der Waals surface area contributed by atoms with E-state index in [9.17, 15) is 4.79 Å². The lowest BCUT2D eigenvalue weighted by Gasteiger charge is -2.21. The van der Waals surface area contributed by atoms with Gasteiger partial charge in [0, 0.05) is 0 Å². The highest BCUT2D eigenvalue weighted by Gasteiger charge is 2.20. The lowest BCUT2D eigenvalue weighted by atomic mass is 10.1. The molecule has 3 rings (SSSR count). The molecule has 1 N–H and O–H groups in total. The number of para-hydroxylation sites is 1. The number of benzene rings is 3. The van der Waals surface area contributed by atoms with Gasteiger partial charge in [0.1, 0.15) is 18.1 Å². The molecule has 0 saturated heterocycles. The predicted molar refractivity (Wildman–Crippen MR) is 113 cm³/mol. The summed E-state index contributed by atoms with van der Waals surface area (Å²) in [6, 6.07) is 21.7. The molecular formula is C24H27NO3. The van der Waals surface area contributed by atoms with Crippen molar-refractivity contribution < 1.29 is 14.3 Å². The van der Waals surface area contributed by atoms with Gasteiger partial charge in [0.05, 0.1) is 6.04 Å². The Labute approximate surface area is 166 Å². The van der Waals surface area contributed by atoms with Crippen LogP contribution in [0, 0.1) is 6.92 Å². The Bertz CT molecular complexity index is 938. The monoisotopic (exact) mass is 377 g/mol. The third kappa shape index (κ3) is 5.03. The molecule has 146 valence electrons. The lowest BCUT2D eigenvalue weighted by molar-refractivity contribution is -0.128. The Morgan fingerprint density at radius 2 is 1.71 bits per heavy atom. The van der Waals surface area contributed by atoms with E-state index in [-0.39, 0.29) is 11.9 Å². The van der Waals surface area contributed by atoms with Gasteiger partial charge in [-0.25, -0.2) is 0 Å². The van der Waals surface area contributed by atoms with Crippen molar-refractivity contribution in [2.75, 3.05) is 6.61 Å². The van der Waals surface area contributed by atoms with Crippen molar-refractivity contribution in [3.05, 3.63) is 72.3 Å². The molecule has 0 bridgehead atoms. The average Bonchev–Trinajstić information content (AvgIpc) is 2.71. The van der Waals surface area contributed by atoms with Gasteiger partial charge in [-0.3, -0.25) is 4.79 Å². The maximum Gasteiger partial charge on any atom is 0.261 e. The number of carbonyl (C=O) groups excluding carboxylic acids is 1. The van der Waals surface area contributed by atoms with E-state index >= 15 is 0 Å². The van der Waals surface area contributed by atoms with Crippen LogP contribution in [0.1, 0.15) is 25.8 Å². The maximum atomic E-state index is 12.6.